The van der Waals surface area contributed by atoms with Crippen molar-refractivity contribution in [2.45, 2.75) is 44.8 Å². The molecule has 0 amide bonds. The summed E-state index contributed by atoms with van der Waals surface area (Å²) in [5, 5.41) is 0. The molecule has 1 aliphatic rings. The number of hydrogen-bond acceptors (Lipinski definition) is 3. The number of methoxy groups -OCH3 is 1. The van der Waals surface area contributed by atoms with Crippen LogP contribution in [-0.4, -0.2) is 25.9 Å². The molecular formula is C11H21NO2. The van der Waals surface area contributed by atoms with Crippen molar-refractivity contribution >= 4 is 0 Å². The highest BCUT2D eigenvalue weighted by Crippen LogP contribution is 2.18. The van der Waals surface area contributed by atoms with E-state index in [4.69, 9.17) is 15.2 Å². The first-order chi connectivity index (χ1) is 6.74. The molecule has 1 rings (SSSR count). The lowest BCUT2D eigenvalue weighted by atomic mass is 9.98. The third-order valence-corrected chi connectivity index (χ3v) is 2.73. The van der Waals surface area contributed by atoms with Crippen LogP contribution in [0, 0.1) is 0 Å². The van der Waals surface area contributed by atoms with Gasteiger partial charge in [-0.15, -0.1) is 0 Å². The lowest BCUT2D eigenvalue weighted by Crippen LogP contribution is -2.26. The van der Waals surface area contributed by atoms with E-state index in [9.17, 15) is 0 Å². The zero-order valence-electron chi connectivity index (χ0n) is 9.16. The molecule has 0 aromatic heterocycles. The van der Waals surface area contributed by atoms with Crippen molar-refractivity contribution in [1.82, 2.24) is 0 Å². The average Bonchev–Trinajstić information content (AvgIpc) is 2.26. The molecule has 0 saturated carbocycles. The minimum absolute atomic E-state index is 0.146. The molecule has 82 valence electrons. The first-order valence-electron chi connectivity index (χ1n) is 5.33. The fourth-order valence-corrected chi connectivity index (χ4v) is 1.57. The summed E-state index contributed by atoms with van der Waals surface area (Å²) in [5.74, 6) is 0. The van der Waals surface area contributed by atoms with E-state index in [1.165, 1.54) is 5.57 Å². The van der Waals surface area contributed by atoms with E-state index < -0.39 is 0 Å². The van der Waals surface area contributed by atoms with Crippen molar-refractivity contribution in [2.24, 2.45) is 5.73 Å². The van der Waals surface area contributed by atoms with Gasteiger partial charge in [0.2, 0.25) is 0 Å². The topological polar surface area (TPSA) is 44.5 Å². The maximum Gasteiger partial charge on any atom is 0.0876 e. The van der Waals surface area contributed by atoms with Gasteiger partial charge >= 0.3 is 0 Å². The Morgan fingerprint density at radius 3 is 2.93 bits per heavy atom. The summed E-state index contributed by atoms with van der Waals surface area (Å²) in [6, 6.07) is 0.146. The van der Waals surface area contributed by atoms with E-state index in [2.05, 4.69) is 6.92 Å². The third-order valence-electron chi connectivity index (χ3n) is 2.73. The van der Waals surface area contributed by atoms with Crippen LogP contribution in [0.25, 0.3) is 0 Å². The number of nitrogens with two attached hydrogens (primary N) is 1. The molecular weight excluding hydrogens is 178 g/mol. The Morgan fingerprint density at radius 1 is 1.57 bits per heavy atom. The van der Waals surface area contributed by atoms with E-state index in [0.29, 0.717) is 6.10 Å². The first-order valence-corrected chi connectivity index (χ1v) is 5.33. The maximum absolute atomic E-state index is 6.05. The van der Waals surface area contributed by atoms with Crippen molar-refractivity contribution in [3.8, 4) is 0 Å². The lowest BCUT2D eigenvalue weighted by molar-refractivity contribution is 0.107. The highest BCUT2D eigenvalue weighted by Gasteiger charge is 2.13. The normalized spacial score (nSPS) is 20.9. The molecule has 2 N–H and O–H groups in total. The Labute approximate surface area is 86.3 Å². The predicted molar refractivity (Wildman–Crippen MR) is 56.9 cm³/mol. The zero-order valence-corrected chi connectivity index (χ0v) is 9.16. The molecule has 1 aliphatic heterocycles. The molecule has 0 aromatic rings. The summed E-state index contributed by atoms with van der Waals surface area (Å²) in [4.78, 5) is 0. The Hall–Kier alpha value is -0.540. The fourth-order valence-electron chi connectivity index (χ4n) is 1.57. The molecule has 2 unspecified atom stereocenters. The van der Waals surface area contributed by atoms with Crippen molar-refractivity contribution < 1.29 is 9.47 Å². The van der Waals surface area contributed by atoms with Crippen LogP contribution >= 0.6 is 0 Å². The van der Waals surface area contributed by atoms with Gasteiger partial charge in [0, 0.05) is 13.2 Å². The van der Waals surface area contributed by atoms with E-state index in [1.807, 2.05) is 6.26 Å². The quantitative estimate of drug-likeness (QED) is 0.734. The van der Waals surface area contributed by atoms with E-state index >= 15 is 0 Å². The molecule has 0 saturated heterocycles. The second kappa shape index (κ2) is 6.04. The van der Waals surface area contributed by atoms with Crippen molar-refractivity contribution in [2.75, 3.05) is 13.7 Å². The molecule has 3 heteroatoms. The SMILES string of the molecule is COC(C)CCC(N)C1=COCCC1. The van der Waals surface area contributed by atoms with Crippen LogP contribution in [0.3, 0.4) is 0 Å². The van der Waals surface area contributed by atoms with Crippen LogP contribution in [0.2, 0.25) is 0 Å². The minimum Gasteiger partial charge on any atom is -0.501 e. The largest absolute Gasteiger partial charge is 0.501 e. The average molecular weight is 199 g/mol. The molecule has 2 atom stereocenters. The summed E-state index contributed by atoms with van der Waals surface area (Å²) in [6.07, 6.45) is 6.30. The molecule has 3 nitrogen and oxygen atoms in total. The summed E-state index contributed by atoms with van der Waals surface area (Å²) in [5.41, 5.74) is 7.30. The molecule has 0 fully saturated rings. The molecule has 0 bridgehead atoms. The van der Waals surface area contributed by atoms with E-state index in [-0.39, 0.29) is 6.04 Å². The van der Waals surface area contributed by atoms with Crippen LogP contribution in [0.1, 0.15) is 32.6 Å². The Kier molecular flexibility index (Phi) is 4.98. The minimum atomic E-state index is 0.146. The number of ether oxygens (including phenoxy) is 2. The fraction of sp³-hybridized carbons (Fsp3) is 0.818. The Morgan fingerprint density at radius 2 is 2.36 bits per heavy atom. The van der Waals surface area contributed by atoms with Crippen molar-refractivity contribution in [3.05, 3.63) is 11.8 Å². The second-order valence-corrected chi connectivity index (χ2v) is 3.90. The monoisotopic (exact) mass is 199 g/mol. The van der Waals surface area contributed by atoms with Gasteiger partial charge in [-0.2, -0.15) is 0 Å². The molecule has 0 aromatic carbocycles. The van der Waals surface area contributed by atoms with E-state index in [0.717, 1.165) is 32.3 Å². The second-order valence-electron chi connectivity index (χ2n) is 3.90. The highest BCUT2D eigenvalue weighted by atomic mass is 16.5. The van der Waals surface area contributed by atoms with Crippen LogP contribution in [0.15, 0.2) is 11.8 Å². The lowest BCUT2D eigenvalue weighted by Gasteiger charge is -2.20. The number of rotatable bonds is 5. The number of hydrogen-bond donors (Lipinski definition) is 1. The van der Waals surface area contributed by atoms with Gasteiger partial charge in [-0.05, 0) is 38.2 Å². The molecule has 14 heavy (non-hydrogen) atoms. The van der Waals surface area contributed by atoms with Gasteiger partial charge in [-0.25, -0.2) is 0 Å². The Bertz CT molecular complexity index is 192. The summed E-state index contributed by atoms with van der Waals surface area (Å²) >= 11 is 0. The van der Waals surface area contributed by atoms with Gasteiger partial charge in [-0.3, -0.25) is 0 Å². The third kappa shape index (κ3) is 3.68. The first kappa shape index (κ1) is 11.5. The molecule has 1 heterocycles. The Balaban J connectivity index is 2.26. The summed E-state index contributed by atoms with van der Waals surface area (Å²) in [6.45, 7) is 2.91. The van der Waals surface area contributed by atoms with Gasteiger partial charge in [0.15, 0.2) is 0 Å². The van der Waals surface area contributed by atoms with Gasteiger partial charge < -0.3 is 15.2 Å². The predicted octanol–water partition coefficient (Wildman–Crippen LogP) is 1.82. The molecule has 0 spiro atoms. The van der Waals surface area contributed by atoms with Crippen LogP contribution < -0.4 is 5.73 Å². The van der Waals surface area contributed by atoms with Crippen molar-refractivity contribution in [1.29, 1.82) is 0 Å². The summed E-state index contributed by atoms with van der Waals surface area (Å²) in [7, 11) is 1.74. The van der Waals surface area contributed by atoms with Crippen LogP contribution in [0.5, 0.6) is 0 Å². The maximum atomic E-state index is 6.05. The van der Waals surface area contributed by atoms with Gasteiger partial charge in [0.25, 0.3) is 0 Å². The van der Waals surface area contributed by atoms with Crippen LogP contribution in [0.4, 0.5) is 0 Å². The van der Waals surface area contributed by atoms with E-state index in [1.54, 1.807) is 7.11 Å². The molecule has 0 radical (unpaired) electrons. The van der Waals surface area contributed by atoms with Gasteiger partial charge in [0.05, 0.1) is 19.0 Å². The van der Waals surface area contributed by atoms with Crippen molar-refractivity contribution in [3.63, 3.8) is 0 Å². The molecule has 0 aliphatic carbocycles. The summed E-state index contributed by atoms with van der Waals surface area (Å²) < 4.78 is 10.4. The van der Waals surface area contributed by atoms with Gasteiger partial charge in [0.1, 0.15) is 0 Å². The standard InChI is InChI=1S/C11H21NO2/c1-9(13-2)5-6-11(12)10-4-3-7-14-8-10/h8-9,11H,3-7,12H2,1-2H3. The van der Waals surface area contributed by atoms with Gasteiger partial charge in [-0.1, -0.05) is 0 Å². The van der Waals surface area contributed by atoms with Crippen LogP contribution in [-0.2, 0) is 9.47 Å². The zero-order chi connectivity index (χ0) is 10.4. The highest BCUT2D eigenvalue weighted by molar-refractivity contribution is 5.08. The smallest absolute Gasteiger partial charge is 0.0876 e.